The molecule has 0 aliphatic carbocycles. The highest BCUT2D eigenvalue weighted by Crippen LogP contribution is 2.30. The molecule has 2 amide bonds. The molecular formula is C18H14F3N3O2. The SMILES string of the molecule is O=C(NCc1ccc(F)cc1)Nc1ccc(OC(F)F)c2ncccc12. The van der Waals surface area contributed by atoms with Crippen molar-refractivity contribution in [3.8, 4) is 5.75 Å². The number of carbonyl (C=O) groups excluding carboxylic acids is 1. The highest BCUT2D eigenvalue weighted by molar-refractivity contribution is 6.02. The van der Waals surface area contributed by atoms with E-state index in [1.807, 2.05) is 0 Å². The number of amides is 2. The summed E-state index contributed by atoms with van der Waals surface area (Å²) in [5.41, 5.74) is 1.34. The largest absolute Gasteiger partial charge is 0.432 e. The number of nitrogens with zero attached hydrogens (tertiary/aromatic N) is 1. The van der Waals surface area contributed by atoms with Crippen molar-refractivity contribution in [1.82, 2.24) is 10.3 Å². The van der Waals surface area contributed by atoms with Gasteiger partial charge in [-0.1, -0.05) is 12.1 Å². The summed E-state index contributed by atoms with van der Waals surface area (Å²) >= 11 is 0. The molecule has 0 unspecified atom stereocenters. The Bertz CT molecular complexity index is 917. The molecule has 0 radical (unpaired) electrons. The fraction of sp³-hybridized carbons (Fsp3) is 0.111. The van der Waals surface area contributed by atoms with Crippen LogP contribution >= 0.6 is 0 Å². The van der Waals surface area contributed by atoms with E-state index in [1.54, 1.807) is 24.3 Å². The zero-order chi connectivity index (χ0) is 18.5. The second-order valence-corrected chi connectivity index (χ2v) is 5.32. The number of anilines is 1. The highest BCUT2D eigenvalue weighted by atomic mass is 19.3. The lowest BCUT2D eigenvalue weighted by Crippen LogP contribution is -2.28. The smallest absolute Gasteiger partial charge is 0.387 e. The number of hydrogen-bond acceptors (Lipinski definition) is 3. The summed E-state index contributed by atoms with van der Waals surface area (Å²) in [6.45, 7) is -2.77. The average molecular weight is 361 g/mol. The summed E-state index contributed by atoms with van der Waals surface area (Å²) in [5, 5.41) is 5.73. The fourth-order valence-electron chi connectivity index (χ4n) is 2.40. The standard InChI is InChI=1S/C18H14F3N3O2/c19-12-5-3-11(4-6-12)10-23-18(25)24-14-7-8-15(26-17(20)21)16-13(14)2-1-9-22-16/h1-9,17H,10H2,(H2,23,24,25). The molecule has 8 heteroatoms. The van der Waals surface area contributed by atoms with Gasteiger partial charge in [0.15, 0.2) is 5.75 Å². The molecule has 2 aromatic carbocycles. The minimum absolute atomic E-state index is 0.0760. The van der Waals surface area contributed by atoms with Crippen LogP contribution in [-0.4, -0.2) is 17.6 Å². The quantitative estimate of drug-likeness (QED) is 0.712. The van der Waals surface area contributed by atoms with Crippen LogP contribution in [0, 0.1) is 5.82 Å². The number of hydrogen-bond donors (Lipinski definition) is 2. The van der Waals surface area contributed by atoms with Gasteiger partial charge in [0.2, 0.25) is 0 Å². The molecule has 0 saturated heterocycles. The Hall–Kier alpha value is -3.29. The number of rotatable bonds is 5. The molecule has 0 fully saturated rings. The predicted molar refractivity (Wildman–Crippen MR) is 90.6 cm³/mol. The lowest BCUT2D eigenvalue weighted by molar-refractivity contribution is -0.0489. The van der Waals surface area contributed by atoms with Gasteiger partial charge in [-0.15, -0.1) is 0 Å². The van der Waals surface area contributed by atoms with Crippen molar-refractivity contribution in [2.45, 2.75) is 13.2 Å². The first-order chi connectivity index (χ1) is 12.5. The van der Waals surface area contributed by atoms with Gasteiger partial charge in [0.1, 0.15) is 11.3 Å². The molecule has 1 aromatic heterocycles. The van der Waals surface area contributed by atoms with Gasteiger partial charge in [0, 0.05) is 18.1 Å². The van der Waals surface area contributed by atoms with Crippen LogP contribution in [0.15, 0.2) is 54.7 Å². The molecule has 0 aliphatic heterocycles. The number of aromatic nitrogens is 1. The Morgan fingerprint density at radius 2 is 1.88 bits per heavy atom. The van der Waals surface area contributed by atoms with E-state index in [9.17, 15) is 18.0 Å². The maximum Gasteiger partial charge on any atom is 0.387 e. The van der Waals surface area contributed by atoms with Crippen LogP contribution in [0.25, 0.3) is 10.9 Å². The summed E-state index contributed by atoms with van der Waals surface area (Å²) in [4.78, 5) is 16.1. The first-order valence-electron chi connectivity index (χ1n) is 7.65. The van der Waals surface area contributed by atoms with E-state index in [-0.39, 0.29) is 23.6 Å². The Morgan fingerprint density at radius 3 is 2.62 bits per heavy atom. The third-order valence-electron chi connectivity index (χ3n) is 3.56. The van der Waals surface area contributed by atoms with Crippen LogP contribution in [0.2, 0.25) is 0 Å². The van der Waals surface area contributed by atoms with Gasteiger partial charge < -0.3 is 15.4 Å². The van der Waals surface area contributed by atoms with Gasteiger partial charge in [0.05, 0.1) is 5.69 Å². The minimum Gasteiger partial charge on any atom is -0.432 e. The molecule has 0 atom stereocenters. The van der Waals surface area contributed by atoms with E-state index in [1.165, 1.54) is 30.5 Å². The topological polar surface area (TPSA) is 63.2 Å². The van der Waals surface area contributed by atoms with E-state index < -0.39 is 12.6 Å². The van der Waals surface area contributed by atoms with Gasteiger partial charge in [-0.05, 0) is 42.0 Å². The summed E-state index contributed by atoms with van der Waals surface area (Å²) in [6, 6.07) is 11.3. The summed E-state index contributed by atoms with van der Waals surface area (Å²) < 4.78 is 42.3. The lowest BCUT2D eigenvalue weighted by Gasteiger charge is -2.13. The van der Waals surface area contributed by atoms with Crippen molar-refractivity contribution < 1.29 is 22.7 Å². The highest BCUT2D eigenvalue weighted by Gasteiger charge is 2.13. The summed E-state index contributed by atoms with van der Waals surface area (Å²) in [5.74, 6) is -0.434. The molecule has 5 nitrogen and oxygen atoms in total. The molecule has 3 rings (SSSR count). The zero-order valence-electron chi connectivity index (χ0n) is 13.4. The number of alkyl halides is 2. The van der Waals surface area contributed by atoms with Gasteiger partial charge in [-0.3, -0.25) is 4.98 Å². The van der Waals surface area contributed by atoms with Crippen molar-refractivity contribution in [3.63, 3.8) is 0 Å². The second-order valence-electron chi connectivity index (χ2n) is 5.32. The van der Waals surface area contributed by atoms with Crippen LogP contribution in [-0.2, 0) is 6.54 Å². The van der Waals surface area contributed by atoms with Crippen LogP contribution in [0.1, 0.15) is 5.56 Å². The Labute approximate surface area is 146 Å². The van der Waals surface area contributed by atoms with Crippen molar-refractivity contribution in [3.05, 3.63) is 66.1 Å². The number of carbonyl (C=O) groups is 1. The van der Waals surface area contributed by atoms with E-state index >= 15 is 0 Å². The first-order valence-corrected chi connectivity index (χ1v) is 7.65. The van der Waals surface area contributed by atoms with Gasteiger partial charge >= 0.3 is 12.6 Å². The minimum atomic E-state index is -2.97. The van der Waals surface area contributed by atoms with Crippen LogP contribution in [0.4, 0.5) is 23.7 Å². The van der Waals surface area contributed by atoms with E-state index in [4.69, 9.17) is 0 Å². The number of fused-ring (bicyclic) bond motifs is 1. The Morgan fingerprint density at radius 1 is 1.12 bits per heavy atom. The molecule has 134 valence electrons. The van der Waals surface area contributed by atoms with E-state index in [0.29, 0.717) is 11.1 Å². The molecule has 3 aromatic rings. The number of urea groups is 1. The molecule has 0 saturated carbocycles. The molecule has 2 N–H and O–H groups in total. The van der Waals surface area contributed by atoms with Crippen molar-refractivity contribution in [1.29, 1.82) is 0 Å². The number of nitrogens with one attached hydrogen (secondary N) is 2. The molecule has 26 heavy (non-hydrogen) atoms. The number of pyridine rings is 1. The predicted octanol–water partition coefficient (Wildman–Crippen LogP) is 4.30. The second kappa shape index (κ2) is 7.73. The van der Waals surface area contributed by atoms with Gasteiger partial charge in [-0.2, -0.15) is 8.78 Å². The normalized spacial score (nSPS) is 10.8. The third-order valence-corrected chi connectivity index (χ3v) is 3.56. The Kier molecular flexibility index (Phi) is 5.21. The fourth-order valence-corrected chi connectivity index (χ4v) is 2.40. The van der Waals surface area contributed by atoms with Crippen molar-refractivity contribution in [2.24, 2.45) is 0 Å². The average Bonchev–Trinajstić information content (AvgIpc) is 2.63. The lowest BCUT2D eigenvalue weighted by atomic mass is 10.1. The molecule has 0 aliphatic rings. The molecule has 0 spiro atoms. The van der Waals surface area contributed by atoms with Crippen molar-refractivity contribution in [2.75, 3.05) is 5.32 Å². The third kappa shape index (κ3) is 4.21. The molecule has 1 heterocycles. The molecular weight excluding hydrogens is 347 g/mol. The van der Waals surface area contributed by atoms with E-state index in [0.717, 1.165) is 5.56 Å². The van der Waals surface area contributed by atoms with Crippen LogP contribution in [0.3, 0.4) is 0 Å². The maximum absolute atomic E-state index is 12.9. The monoisotopic (exact) mass is 361 g/mol. The van der Waals surface area contributed by atoms with Crippen LogP contribution < -0.4 is 15.4 Å². The number of ether oxygens (including phenoxy) is 1. The van der Waals surface area contributed by atoms with E-state index in [2.05, 4.69) is 20.4 Å². The number of halogens is 3. The Balaban J connectivity index is 1.74. The maximum atomic E-state index is 12.9. The van der Waals surface area contributed by atoms with Gasteiger partial charge in [-0.25, -0.2) is 9.18 Å². The first kappa shape index (κ1) is 17.5. The molecule has 0 bridgehead atoms. The van der Waals surface area contributed by atoms with Crippen molar-refractivity contribution >= 4 is 22.6 Å². The number of benzene rings is 2. The van der Waals surface area contributed by atoms with Crippen LogP contribution in [0.5, 0.6) is 5.75 Å². The zero-order valence-corrected chi connectivity index (χ0v) is 13.4. The summed E-state index contributed by atoms with van der Waals surface area (Å²) in [7, 11) is 0. The summed E-state index contributed by atoms with van der Waals surface area (Å²) in [6.07, 6.45) is 1.44. The van der Waals surface area contributed by atoms with Gasteiger partial charge in [0.25, 0.3) is 0 Å².